The predicted molar refractivity (Wildman–Crippen MR) is 63.2 cm³/mol. The molecule has 7 heteroatoms. The molecule has 0 heterocycles. The fourth-order valence-electron chi connectivity index (χ4n) is 1.41. The fraction of sp³-hybridized carbons (Fsp3) is 0.455. The van der Waals surface area contributed by atoms with Crippen molar-refractivity contribution in [2.45, 2.75) is 32.2 Å². The lowest BCUT2D eigenvalue weighted by Crippen LogP contribution is -2.41. The fourth-order valence-corrected chi connectivity index (χ4v) is 4.29. The summed E-state index contributed by atoms with van der Waals surface area (Å²) < 4.78 is 66.1. The normalized spacial score (nSPS) is 13.8. The van der Waals surface area contributed by atoms with Gasteiger partial charge >= 0.3 is 0 Å². The highest BCUT2D eigenvalue weighted by Crippen LogP contribution is 2.35. The van der Waals surface area contributed by atoms with E-state index in [-0.39, 0.29) is 0 Å². The van der Waals surface area contributed by atoms with Crippen LogP contribution >= 0.6 is 11.1 Å². The molecule has 0 aliphatic carbocycles. The molecule has 0 aliphatic rings. The van der Waals surface area contributed by atoms with E-state index in [2.05, 4.69) is 0 Å². The van der Waals surface area contributed by atoms with Crippen molar-refractivity contribution in [3.63, 3.8) is 0 Å². The molecule has 0 N–H and O–H groups in total. The molecule has 1 unspecified atom stereocenters. The van der Waals surface area contributed by atoms with Crippen LogP contribution in [0.2, 0.25) is 5.04 Å². The summed E-state index contributed by atoms with van der Waals surface area (Å²) in [5.74, 6) is -9.64. The van der Waals surface area contributed by atoms with Gasteiger partial charge in [0.15, 0.2) is 31.4 Å². The summed E-state index contributed by atoms with van der Waals surface area (Å²) in [5.41, 5.74) is 0. The second-order valence-electron chi connectivity index (χ2n) is 4.69. The molecule has 0 aromatic heterocycles. The van der Waals surface area contributed by atoms with E-state index in [9.17, 15) is 22.0 Å². The Kier molecular flexibility index (Phi) is 4.43. The van der Waals surface area contributed by atoms with Crippen LogP contribution in [0.1, 0.15) is 27.2 Å². The molecule has 0 radical (unpaired) electrons. The topological polar surface area (TPSA) is 0 Å². The molecule has 102 valence electrons. The third-order valence-electron chi connectivity index (χ3n) is 3.09. The largest absolute Gasteiger partial charge is 0.204 e. The smallest absolute Gasteiger partial charge is 0.200 e. The monoisotopic (exact) mass is 302 g/mol. The molecule has 0 bridgehead atoms. The zero-order valence-corrected chi connectivity index (χ0v) is 12.0. The van der Waals surface area contributed by atoms with Crippen molar-refractivity contribution in [1.82, 2.24) is 0 Å². The predicted octanol–water partition coefficient (Wildman–Crippen LogP) is 3.74. The molecule has 1 rings (SSSR count). The SMILES string of the molecule is CCC(C)(C)[SiH](Cl)c1c(F)c(F)c(F)c(F)c1F. The molecule has 0 saturated carbocycles. The van der Waals surface area contributed by atoms with Gasteiger partial charge in [-0.1, -0.05) is 27.2 Å². The van der Waals surface area contributed by atoms with E-state index in [1.165, 1.54) is 0 Å². The molecule has 0 aliphatic heterocycles. The van der Waals surface area contributed by atoms with Crippen LogP contribution in [0.4, 0.5) is 22.0 Å². The highest BCUT2D eigenvalue weighted by atomic mass is 35.6. The highest BCUT2D eigenvalue weighted by Gasteiger charge is 2.37. The minimum absolute atomic E-state index is 0.479. The molecule has 0 nitrogen and oxygen atoms in total. The van der Waals surface area contributed by atoms with Gasteiger partial charge in [-0.2, -0.15) is 11.1 Å². The molecule has 0 saturated heterocycles. The Labute approximate surface area is 108 Å². The quantitative estimate of drug-likeness (QED) is 0.262. The van der Waals surface area contributed by atoms with Gasteiger partial charge in [0.1, 0.15) is 0 Å². The lowest BCUT2D eigenvalue weighted by molar-refractivity contribution is 0.383. The van der Waals surface area contributed by atoms with Crippen LogP contribution in [0.3, 0.4) is 0 Å². The molecule has 0 fully saturated rings. The van der Waals surface area contributed by atoms with Gasteiger partial charge in [0, 0.05) is 5.19 Å². The first-order chi connectivity index (χ1) is 8.15. The van der Waals surface area contributed by atoms with Gasteiger partial charge in [-0.3, -0.25) is 0 Å². The minimum atomic E-state index is -2.85. The van der Waals surface area contributed by atoms with Crippen molar-refractivity contribution in [3.8, 4) is 0 Å². The van der Waals surface area contributed by atoms with Crippen molar-refractivity contribution < 1.29 is 22.0 Å². The van der Waals surface area contributed by atoms with E-state index in [0.29, 0.717) is 6.42 Å². The third-order valence-corrected chi connectivity index (χ3v) is 8.32. The van der Waals surface area contributed by atoms with E-state index in [0.717, 1.165) is 0 Å². The van der Waals surface area contributed by atoms with Crippen LogP contribution in [0, 0.1) is 29.1 Å². The maximum absolute atomic E-state index is 13.5. The number of hydrogen-bond acceptors (Lipinski definition) is 0. The zero-order chi connectivity index (χ0) is 14.2. The van der Waals surface area contributed by atoms with Gasteiger partial charge in [-0.25, -0.2) is 22.0 Å². The van der Waals surface area contributed by atoms with Gasteiger partial charge in [0.05, 0.1) is 0 Å². The second-order valence-corrected chi connectivity index (χ2v) is 8.86. The lowest BCUT2D eigenvalue weighted by Gasteiger charge is -2.28. The summed E-state index contributed by atoms with van der Waals surface area (Å²) in [6.45, 7) is 5.04. The minimum Gasteiger partial charge on any atom is -0.204 e. The second kappa shape index (κ2) is 5.17. The average molecular weight is 303 g/mol. The molecule has 18 heavy (non-hydrogen) atoms. The first-order valence-electron chi connectivity index (χ1n) is 5.30. The number of benzene rings is 1. The molecule has 1 aromatic rings. The number of rotatable bonds is 3. The Morgan fingerprint density at radius 1 is 0.889 bits per heavy atom. The molecule has 1 aromatic carbocycles. The van der Waals surface area contributed by atoms with E-state index in [1.54, 1.807) is 20.8 Å². The number of hydrogen-bond donors (Lipinski definition) is 0. The summed E-state index contributed by atoms with van der Waals surface area (Å²) in [6, 6.07) is 0. The first-order valence-corrected chi connectivity index (χ1v) is 8.20. The van der Waals surface area contributed by atoms with Crippen molar-refractivity contribution in [2.24, 2.45) is 0 Å². The third kappa shape index (κ3) is 2.40. The van der Waals surface area contributed by atoms with Crippen molar-refractivity contribution in [2.75, 3.05) is 0 Å². The van der Waals surface area contributed by atoms with Crippen LogP contribution in [0.25, 0.3) is 0 Å². The molecule has 0 amide bonds. The zero-order valence-electron chi connectivity index (χ0n) is 10.1. The Morgan fingerprint density at radius 3 is 1.56 bits per heavy atom. The van der Waals surface area contributed by atoms with Crippen LogP contribution in [-0.4, -0.2) is 8.11 Å². The maximum atomic E-state index is 13.5. The highest BCUT2D eigenvalue weighted by molar-refractivity contribution is 7.15. The van der Waals surface area contributed by atoms with Crippen LogP contribution < -0.4 is 5.19 Å². The Bertz CT molecular complexity index is 446. The van der Waals surface area contributed by atoms with Crippen molar-refractivity contribution >= 4 is 24.4 Å². The molecule has 0 spiro atoms. The van der Waals surface area contributed by atoms with Crippen molar-refractivity contribution in [1.29, 1.82) is 0 Å². The average Bonchev–Trinajstić information content (AvgIpc) is 2.34. The lowest BCUT2D eigenvalue weighted by atomic mass is 10.1. The van der Waals surface area contributed by atoms with E-state index in [1.807, 2.05) is 0 Å². The van der Waals surface area contributed by atoms with Crippen molar-refractivity contribution in [3.05, 3.63) is 29.1 Å². The van der Waals surface area contributed by atoms with E-state index in [4.69, 9.17) is 11.1 Å². The van der Waals surface area contributed by atoms with E-state index >= 15 is 0 Å². The van der Waals surface area contributed by atoms with Gasteiger partial charge in [-0.15, -0.1) is 0 Å². The summed E-state index contributed by atoms with van der Waals surface area (Å²) in [7, 11) is -2.85. The van der Waals surface area contributed by atoms with Crippen LogP contribution in [0.15, 0.2) is 0 Å². The summed E-state index contributed by atoms with van der Waals surface area (Å²) in [6.07, 6.45) is 0.479. The van der Waals surface area contributed by atoms with Crippen LogP contribution in [-0.2, 0) is 0 Å². The Hall–Kier alpha value is -0.623. The summed E-state index contributed by atoms with van der Waals surface area (Å²) >= 11 is 6.01. The molecular weight excluding hydrogens is 291 g/mol. The Balaban J connectivity index is 3.52. The standard InChI is InChI=1S/C11H12ClF5Si/c1-4-11(2,3)18(12)10-8(16)6(14)5(13)7(15)9(10)17/h18H,4H2,1-3H3. The molecular formula is C11H12ClF5Si. The summed E-state index contributed by atoms with van der Waals surface area (Å²) in [5, 5.41) is -1.50. The summed E-state index contributed by atoms with van der Waals surface area (Å²) in [4.78, 5) is 0. The first kappa shape index (κ1) is 15.4. The van der Waals surface area contributed by atoms with Gasteiger partial charge in [-0.05, 0) is 5.04 Å². The van der Waals surface area contributed by atoms with E-state index < -0.39 is 47.4 Å². The number of halogens is 6. The Morgan fingerprint density at radius 2 is 1.22 bits per heavy atom. The van der Waals surface area contributed by atoms with Gasteiger partial charge < -0.3 is 0 Å². The van der Waals surface area contributed by atoms with Crippen LogP contribution in [0.5, 0.6) is 0 Å². The van der Waals surface area contributed by atoms with Gasteiger partial charge in [0.25, 0.3) is 0 Å². The molecule has 1 atom stereocenters. The van der Waals surface area contributed by atoms with Gasteiger partial charge in [0.2, 0.25) is 5.82 Å². The maximum Gasteiger partial charge on any atom is 0.200 e.